The summed E-state index contributed by atoms with van der Waals surface area (Å²) in [5.74, 6) is -3.12. The molecule has 1 fully saturated rings. The van der Waals surface area contributed by atoms with E-state index < -0.39 is 29.7 Å². The monoisotopic (exact) mass is 545 g/mol. The normalized spacial score (nSPS) is 14.6. The van der Waals surface area contributed by atoms with Gasteiger partial charge in [0.05, 0.1) is 24.7 Å². The van der Waals surface area contributed by atoms with Crippen LogP contribution in [0.2, 0.25) is 0 Å². The maximum Gasteiger partial charge on any atom is 0.328 e. The lowest BCUT2D eigenvalue weighted by atomic mass is 10.1. The molecule has 0 spiro atoms. The Kier molecular flexibility index (Phi) is 9.75. The van der Waals surface area contributed by atoms with Crippen molar-refractivity contribution in [2.24, 2.45) is 0 Å². The maximum atomic E-state index is 14.4. The van der Waals surface area contributed by atoms with Crippen molar-refractivity contribution >= 4 is 63.8 Å². The van der Waals surface area contributed by atoms with Gasteiger partial charge >= 0.3 is 11.9 Å². The molecule has 12 heteroatoms. The van der Waals surface area contributed by atoms with Gasteiger partial charge < -0.3 is 25.4 Å². The van der Waals surface area contributed by atoms with Gasteiger partial charge in [-0.25, -0.2) is 9.18 Å². The molecule has 3 N–H and O–H groups in total. The highest BCUT2D eigenvalue weighted by atomic mass is 32.2. The highest BCUT2D eigenvalue weighted by molar-refractivity contribution is 8.26. The fourth-order valence-electron chi connectivity index (χ4n) is 3.32. The molecule has 1 atom stereocenters. The first kappa shape index (κ1) is 27.8. The molecule has 9 nitrogen and oxygen atoms in total. The van der Waals surface area contributed by atoms with E-state index in [1.54, 1.807) is 6.08 Å². The lowest BCUT2D eigenvalue weighted by molar-refractivity contribution is -0.144. The van der Waals surface area contributed by atoms with Crippen LogP contribution < -0.4 is 16.0 Å². The van der Waals surface area contributed by atoms with Crippen LogP contribution in [0.5, 0.6) is 0 Å². The summed E-state index contributed by atoms with van der Waals surface area (Å²) in [6.45, 7) is 0.288. The van der Waals surface area contributed by atoms with Gasteiger partial charge in [0.1, 0.15) is 16.2 Å². The highest BCUT2D eigenvalue weighted by Gasteiger charge is 2.25. The molecule has 2 aromatic carbocycles. The Bertz CT molecular complexity index is 1250. The van der Waals surface area contributed by atoms with Crippen molar-refractivity contribution in [3.8, 4) is 0 Å². The Labute approximate surface area is 222 Å². The fraction of sp³-hybridized carbons (Fsp3) is 0.240. The average Bonchev–Trinajstić information content (AvgIpc) is 3.21. The molecule has 2 aromatic rings. The number of carbonyl (C=O) groups excluding carboxylic acids is 4. The Morgan fingerprint density at radius 1 is 1.14 bits per heavy atom. The molecular formula is C25H24FN3O6S2. The van der Waals surface area contributed by atoms with Crippen LogP contribution in [0.15, 0.2) is 47.4 Å². The number of rotatable bonds is 10. The predicted octanol–water partition coefficient (Wildman–Crippen LogP) is 3.15. The first-order valence-corrected chi connectivity index (χ1v) is 12.3. The summed E-state index contributed by atoms with van der Waals surface area (Å²) in [6.07, 6.45) is 1.55. The van der Waals surface area contributed by atoms with Gasteiger partial charge in [-0.05, 0) is 47.9 Å². The third kappa shape index (κ3) is 7.86. The zero-order valence-electron chi connectivity index (χ0n) is 20.0. The third-order valence-corrected chi connectivity index (χ3v) is 6.44. The Hall–Kier alpha value is -3.77. The van der Waals surface area contributed by atoms with Crippen LogP contribution in [-0.2, 0) is 30.4 Å². The van der Waals surface area contributed by atoms with Gasteiger partial charge in [0.15, 0.2) is 0 Å². The maximum absolute atomic E-state index is 14.4. The van der Waals surface area contributed by atoms with E-state index in [-0.39, 0.29) is 30.9 Å². The fourth-order valence-corrected chi connectivity index (χ4v) is 4.37. The summed E-state index contributed by atoms with van der Waals surface area (Å²) in [7, 11) is 2.36. The molecule has 1 heterocycles. The van der Waals surface area contributed by atoms with Crippen LogP contribution in [0.4, 0.5) is 10.1 Å². The number of methoxy groups -OCH3 is 2. The van der Waals surface area contributed by atoms with Gasteiger partial charge in [0.25, 0.3) is 11.8 Å². The molecule has 0 aliphatic carbocycles. The summed E-state index contributed by atoms with van der Waals surface area (Å²) >= 11 is 6.18. The SMILES string of the molecule is COC(=O)CC[C@@H](NC(=O)c1cc(CNc2ccc(/C=C3\SC(=S)NC3=O)cc2)ccc1F)C(=O)OC. The quantitative estimate of drug-likeness (QED) is 0.235. The summed E-state index contributed by atoms with van der Waals surface area (Å²) in [6, 6.07) is 10.2. The van der Waals surface area contributed by atoms with Crippen LogP contribution in [0.1, 0.15) is 34.3 Å². The molecule has 2 amide bonds. The van der Waals surface area contributed by atoms with Gasteiger partial charge in [-0.1, -0.05) is 42.2 Å². The lowest BCUT2D eigenvalue weighted by Crippen LogP contribution is -2.42. The van der Waals surface area contributed by atoms with Crippen molar-refractivity contribution in [1.82, 2.24) is 10.6 Å². The van der Waals surface area contributed by atoms with E-state index >= 15 is 0 Å². The Morgan fingerprint density at radius 3 is 2.49 bits per heavy atom. The van der Waals surface area contributed by atoms with Crippen molar-refractivity contribution < 1.29 is 33.0 Å². The number of carbonyl (C=O) groups is 4. The van der Waals surface area contributed by atoms with E-state index in [0.29, 0.717) is 14.8 Å². The van der Waals surface area contributed by atoms with Gasteiger partial charge in [-0.3, -0.25) is 14.4 Å². The van der Waals surface area contributed by atoms with E-state index in [1.807, 2.05) is 24.3 Å². The number of halogens is 1. The van der Waals surface area contributed by atoms with Crippen LogP contribution in [-0.4, -0.2) is 48.3 Å². The Morgan fingerprint density at radius 2 is 1.86 bits per heavy atom. The van der Waals surface area contributed by atoms with Crippen molar-refractivity contribution in [3.63, 3.8) is 0 Å². The molecule has 0 aromatic heterocycles. The second kappa shape index (κ2) is 13.0. The number of thioether (sulfide) groups is 1. The topological polar surface area (TPSA) is 123 Å². The number of hydrogen-bond donors (Lipinski definition) is 3. The minimum absolute atomic E-state index is 0.0589. The lowest BCUT2D eigenvalue weighted by Gasteiger charge is -2.16. The zero-order chi connectivity index (χ0) is 26.9. The molecule has 194 valence electrons. The molecule has 0 bridgehead atoms. The van der Waals surface area contributed by atoms with E-state index in [9.17, 15) is 23.6 Å². The molecule has 1 aliphatic heterocycles. The van der Waals surface area contributed by atoms with Crippen LogP contribution in [0.3, 0.4) is 0 Å². The van der Waals surface area contributed by atoms with E-state index in [0.717, 1.165) is 24.4 Å². The summed E-state index contributed by atoms with van der Waals surface area (Å²) in [5.41, 5.74) is 1.96. The van der Waals surface area contributed by atoms with Crippen LogP contribution in [0, 0.1) is 5.82 Å². The number of benzene rings is 2. The number of thiocarbonyl (C=S) groups is 1. The molecule has 0 saturated carbocycles. The van der Waals surface area contributed by atoms with Gasteiger partial charge in [-0.15, -0.1) is 0 Å². The first-order chi connectivity index (χ1) is 17.7. The number of esters is 2. The van der Waals surface area contributed by atoms with Crippen molar-refractivity contribution in [2.45, 2.75) is 25.4 Å². The predicted molar refractivity (Wildman–Crippen MR) is 141 cm³/mol. The minimum Gasteiger partial charge on any atom is -0.469 e. The molecular weight excluding hydrogens is 521 g/mol. The van der Waals surface area contributed by atoms with Crippen LogP contribution in [0.25, 0.3) is 6.08 Å². The number of anilines is 1. The smallest absolute Gasteiger partial charge is 0.328 e. The van der Waals surface area contributed by atoms with E-state index in [4.69, 9.17) is 12.2 Å². The number of ether oxygens (including phenoxy) is 2. The van der Waals surface area contributed by atoms with Gasteiger partial charge in [0.2, 0.25) is 0 Å². The molecule has 1 aliphatic rings. The molecule has 0 unspecified atom stereocenters. The highest BCUT2D eigenvalue weighted by Crippen LogP contribution is 2.26. The van der Waals surface area contributed by atoms with Crippen molar-refractivity contribution in [3.05, 3.63) is 69.9 Å². The number of amides is 2. The van der Waals surface area contributed by atoms with Crippen LogP contribution >= 0.6 is 24.0 Å². The molecule has 3 rings (SSSR count). The molecule has 1 saturated heterocycles. The zero-order valence-corrected chi connectivity index (χ0v) is 21.6. The largest absolute Gasteiger partial charge is 0.469 e. The molecule has 37 heavy (non-hydrogen) atoms. The molecule has 0 radical (unpaired) electrons. The second-order valence-corrected chi connectivity index (χ2v) is 9.52. The first-order valence-electron chi connectivity index (χ1n) is 11.0. The van der Waals surface area contributed by atoms with Crippen molar-refractivity contribution in [2.75, 3.05) is 19.5 Å². The number of nitrogens with one attached hydrogen (secondary N) is 3. The van der Waals surface area contributed by atoms with E-state index in [1.165, 1.54) is 31.0 Å². The third-order valence-electron chi connectivity index (χ3n) is 5.28. The summed E-state index contributed by atoms with van der Waals surface area (Å²) < 4.78 is 24.1. The van der Waals surface area contributed by atoms with Gasteiger partial charge in [-0.2, -0.15) is 0 Å². The van der Waals surface area contributed by atoms with Gasteiger partial charge in [0, 0.05) is 18.7 Å². The average molecular weight is 546 g/mol. The van der Waals surface area contributed by atoms with Crippen molar-refractivity contribution in [1.29, 1.82) is 0 Å². The minimum atomic E-state index is -1.14. The standard InChI is InChI=1S/C25H24FN3O6S2/c1-34-21(30)10-9-19(24(33)35-2)28-22(31)17-11-15(5-8-18(17)26)13-27-16-6-3-14(4-7-16)12-20-23(32)29-25(36)37-20/h3-8,11-12,19,27H,9-10,13H2,1-2H3,(H,28,31)(H,29,32,36)/b20-12-/t19-/m1/s1. The Balaban J connectivity index is 1.64. The van der Waals surface area contributed by atoms with E-state index in [2.05, 4.69) is 25.4 Å². The summed E-state index contributed by atoms with van der Waals surface area (Å²) in [5, 5.41) is 8.17. The summed E-state index contributed by atoms with van der Waals surface area (Å²) in [4.78, 5) is 48.5. The number of hydrogen-bond acceptors (Lipinski definition) is 9. The second-order valence-electron chi connectivity index (χ2n) is 7.81.